The largest absolute Gasteiger partial charge is 0.358 e. The minimum absolute atomic E-state index is 0.0981. The van der Waals surface area contributed by atoms with E-state index in [-0.39, 0.29) is 24.3 Å². The summed E-state index contributed by atoms with van der Waals surface area (Å²) in [6.45, 7) is 6.02. The number of amides is 2. The van der Waals surface area contributed by atoms with E-state index in [1.165, 1.54) is 19.8 Å². The number of nitrogens with zero attached hydrogens (tertiary/aromatic N) is 1. The molecule has 0 aromatic heterocycles. The Kier molecular flexibility index (Phi) is 6.90. The maximum Gasteiger partial charge on any atom is 0.240 e. The Labute approximate surface area is 178 Å². The summed E-state index contributed by atoms with van der Waals surface area (Å²) in [5, 5.41) is 3.76. The average molecular weight is 415 g/mol. The predicted octanol–water partition coefficient (Wildman–Crippen LogP) is 3.27. The van der Waals surface area contributed by atoms with Crippen LogP contribution in [0, 0.1) is 11.8 Å². The first kappa shape index (κ1) is 21.3. The standard InChI is InChI=1S/C22H30N4O2S/c1-14-7-6-10-19(15(14)2)23-22(29)25-24-21(28)13-20-18-9-5-4-8-17(18)11-12-26(20)16(3)27/h4-5,8-9,11-12,14-15,19-20H,6-7,10,13H2,1-3H3,(H,24,28)(H2,23,25,29)/t14-,15-,19+,20-/m1/s1. The van der Waals surface area contributed by atoms with Crippen LogP contribution in [0.3, 0.4) is 0 Å². The van der Waals surface area contributed by atoms with Gasteiger partial charge in [-0.05, 0) is 47.7 Å². The number of carbonyl (C=O) groups excluding carboxylic acids is 2. The minimum atomic E-state index is -0.337. The number of thiocarbonyl (C=S) groups is 1. The van der Waals surface area contributed by atoms with Crippen molar-refractivity contribution in [2.24, 2.45) is 11.8 Å². The molecular weight excluding hydrogens is 384 g/mol. The van der Waals surface area contributed by atoms with Gasteiger partial charge in [-0.1, -0.05) is 51.0 Å². The minimum Gasteiger partial charge on any atom is -0.358 e. The molecular formula is C22H30N4O2S. The van der Waals surface area contributed by atoms with Crippen LogP contribution in [-0.2, 0) is 9.59 Å². The lowest BCUT2D eigenvalue weighted by Crippen LogP contribution is -2.52. The Bertz CT molecular complexity index is 810. The maximum absolute atomic E-state index is 12.6. The molecule has 0 radical (unpaired) electrons. The van der Waals surface area contributed by atoms with Gasteiger partial charge in [-0.2, -0.15) is 0 Å². The molecule has 1 saturated carbocycles. The number of hydrogen-bond donors (Lipinski definition) is 3. The van der Waals surface area contributed by atoms with Gasteiger partial charge in [0.1, 0.15) is 0 Å². The van der Waals surface area contributed by atoms with E-state index in [0.29, 0.717) is 23.0 Å². The number of rotatable bonds is 3. The Hall–Kier alpha value is -2.41. The summed E-state index contributed by atoms with van der Waals surface area (Å²) in [5.74, 6) is 0.879. The first-order valence-electron chi connectivity index (χ1n) is 10.3. The zero-order chi connectivity index (χ0) is 21.0. The summed E-state index contributed by atoms with van der Waals surface area (Å²) in [7, 11) is 0. The van der Waals surface area contributed by atoms with Gasteiger partial charge < -0.3 is 10.2 Å². The zero-order valence-electron chi connectivity index (χ0n) is 17.3. The van der Waals surface area contributed by atoms with Crippen molar-refractivity contribution in [2.75, 3.05) is 0 Å². The fraction of sp³-hybridized carbons (Fsp3) is 0.500. The number of hydrazine groups is 1. The molecule has 1 aromatic carbocycles. The molecule has 7 heteroatoms. The van der Waals surface area contributed by atoms with Gasteiger partial charge in [0.25, 0.3) is 0 Å². The predicted molar refractivity (Wildman–Crippen MR) is 118 cm³/mol. The summed E-state index contributed by atoms with van der Waals surface area (Å²) in [6, 6.07) is 7.79. The monoisotopic (exact) mass is 414 g/mol. The molecule has 4 atom stereocenters. The van der Waals surface area contributed by atoms with Crippen molar-refractivity contribution in [3.63, 3.8) is 0 Å². The molecule has 0 saturated heterocycles. The maximum atomic E-state index is 12.6. The number of benzene rings is 1. The second-order valence-electron chi connectivity index (χ2n) is 8.11. The molecule has 1 aliphatic carbocycles. The van der Waals surface area contributed by atoms with Gasteiger partial charge in [-0.25, -0.2) is 0 Å². The highest BCUT2D eigenvalue weighted by Gasteiger charge is 2.29. The molecule has 2 aliphatic rings. The van der Waals surface area contributed by atoms with Crippen LogP contribution >= 0.6 is 12.2 Å². The third kappa shape index (κ3) is 5.15. The first-order valence-corrected chi connectivity index (χ1v) is 10.7. The Balaban J connectivity index is 1.56. The number of hydrogen-bond acceptors (Lipinski definition) is 3. The van der Waals surface area contributed by atoms with Crippen molar-refractivity contribution in [1.82, 2.24) is 21.1 Å². The Morgan fingerprint density at radius 2 is 1.93 bits per heavy atom. The molecule has 0 spiro atoms. The molecule has 0 bridgehead atoms. The van der Waals surface area contributed by atoms with Crippen molar-refractivity contribution >= 4 is 35.2 Å². The topological polar surface area (TPSA) is 73.5 Å². The van der Waals surface area contributed by atoms with Crippen LogP contribution in [0.2, 0.25) is 0 Å². The third-order valence-electron chi connectivity index (χ3n) is 6.19. The van der Waals surface area contributed by atoms with E-state index in [1.54, 1.807) is 11.1 Å². The van der Waals surface area contributed by atoms with Gasteiger partial charge in [0, 0.05) is 19.2 Å². The Morgan fingerprint density at radius 1 is 1.17 bits per heavy atom. The van der Waals surface area contributed by atoms with Crippen LogP contribution in [0.5, 0.6) is 0 Å². The number of fused-ring (bicyclic) bond motifs is 1. The molecule has 1 aromatic rings. The van der Waals surface area contributed by atoms with E-state index in [1.807, 2.05) is 30.3 Å². The highest BCUT2D eigenvalue weighted by Crippen LogP contribution is 2.32. The summed E-state index contributed by atoms with van der Waals surface area (Å²) in [4.78, 5) is 26.2. The average Bonchev–Trinajstić information content (AvgIpc) is 2.70. The van der Waals surface area contributed by atoms with Crippen LogP contribution in [0.25, 0.3) is 6.08 Å². The molecule has 2 amide bonds. The number of nitrogens with one attached hydrogen (secondary N) is 3. The summed E-state index contributed by atoms with van der Waals surface area (Å²) < 4.78 is 0. The van der Waals surface area contributed by atoms with E-state index in [0.717, 1.165) is 17.5 Å². The van der Waals surface area contributed by atoms with Crippen molar-refractivity contribution in [3.8, 4) is 0 Å². The summed E-state index contributed by atoms with van der Waals surface area (Å²) in [5.41, 5.74) is 7.49. The molecule has 29 heavy (non-hydrogen) atoms. The SMILES string of the molecule is CC(=O)N1C=Cc2ccccc2[C@H]1CC(=O)NNC(=S)N[C@H]1CCC[C@@H](C)[C@H]1C. The molecule has 1 aliphatic heterocycles. The zero-order valence-corrected chi connectivity index (χ0v) is 18.1. The Morgan fingerprint density at radius 3 is 2.69 bits per heavy atom. The van der Waals surface area contributed by atoms with Crippen LogP contribution in [0.1, 0.15) is 63.6 Å². The van der Waals surface area contributed by atoms with E-state index in [9.17, 15) is 9.59 Å². The normalized spacial score (nSPS) is 25.7. The highest BCUT2D eigenvalue weighted by atomic mass is 32.1. The van der Waals surface area contributed by atoms with Crippen LogP contribution in [0.4, 0.5) is 0 Å². The van der Waals surface area contributed by atoms with Crippen LogP contribution < -0.4 is 16.2 Å². The van der Waals surface area contributed by atoms with Crippen molar-refractivity contribution in [3.05, 3.63) is 41.6 Å². The van der Waals surface area contributed by atoms with E-state index in [4.69, 9.17) is 12.2 Å². The van der Waals surface area contributed by atoms with Crippen molar-refractivity contribution < 1.29 is 9.59 Å². The molecule has 3 N–H and O–H groups in total. The summed E-state index contributed by atoms with van der Waals surface area (Å²) in [6.07, 6.45) is 7.31. The lowest BCUT2D eigenvalue weighted by Gasteiger charge is -2.35. The molecule has 1 heterocycles. The second-order valence-corrected chi connectivity index (χ2v) is 8.52. The summed E-state index contributed by atoms with van der Waals surface area (Å²) >= 11 is 5.36. The highest BCUT2D eigenvalue weighted by molar-refractivity contribution is 7.80. The lowest BCUT2D eigenvalue weighted by atomic mass is 9.78. The second kappa shape index (κ2) is 9.39. The van der Waals surface area contributed by atoms with E-state index >= 15 is 0 Å². The van der Waals surface area contributed by atoms with E-state index < -0.39 is 0 Å². The fourth-order valence-electron chi connectivity index (χ4n) is 4.26. The van der Waals surface area contributed by atoms with Crippen molar-refractivity contribution in [1.29, 1.82) is 0 Å². The lowest BCUT2D eigenvalue weighted by molar-refractivity contribution is -0.130. The van der Waals surface area contributed by atoms with Gasteiger partial charge in [0.05, 0.1) is 12.5 Å². The number of carbonyl (C=O) groups is 2. The fourth-order valence-corrected chi connectivity index (χ4v) is 4.46. The van der Waals surface area contributed by atoms with Gasteiger partial charge >= 0.3 is 0 Å². The molecule has 156 valence electrons. The quantitative estimate of drug-likeness (QED) is 0.523. The van der Waals surface area contributed by atoms with Crippen LogP contribution in [0.15, 0.2) is 30.5 Å². The van der Waals surface area contributed by atoms with Crippen molar-refractivity contribution in [2.45, 2.75) is 58.5 Å². The molecule has 6 nitrogen and oxygen atoms in total. The smallest absolute Gasteiger partial charge is 0.240 e. The third-order valence-corrected chi connectivity index (χ3v) is 6.41. The molecule has 1 fully saturated rings. The van der Waals surface area contributed by atoms with Crippen LogP contribution in [-0.4, -0.2) is 27.9 Å². The van der Waals surface area contributed by atoms with Gasteiger partial charge in [0.2, 0.25) is 11.8 Å². The van der Waals surface area contributed by atoms with Gasteiger partial charge in [-0.3, -0.25) is 20.4 Å². The van der Waals surface area contributed by atoms with E-state index in [2.05, 4.69) is 30.0 Å². The molecule has 0 unspecified atom stereocenters. The molecule has 3 rings (SSSR count). The first-order chi connectivity index (χ1) is 13.9. The van der Waals surface area contributed by atoms with Gasteiger partial charge in [0.15, 0.2) is 5.11 Å². The van der Waals surface area contributed by atoms with Gasteiger partial charge in [-0.15, -0.1) is 0 Å².